The van der Waals surface area contributed by atoms with Gasteiger partial charge < -0.3 is 4.74 Å². The number of hydrogen-bond acceptors (Lipinski definition) is 3. The average molecular weight is 352 g/mol. The summed E-state index contributed by atoms with van der Waals surface area (Å²) in [6, 6.07) is 30.2. The van der Waals surface area contributed by atoms with Gasteiger partial charge in [0, 0.05) is 12.0 Å². The minimum absolute atomic E-state index is 0.790. The fourth-order valence-corrected chi connectivity index (χ4v) is 3.02. The van der Waals surface area contributed by atoms with Gasteiger partial charge in [-0.15, -0.1) is 5.10 Å². The predicted octanol–water partition coefficient (Wildman–Crippen LogP) is 5.84. The van der Waals surface area contributed by atoms with Crippen LogP contribution in [0, 0.1) is 6.92 Å². The summed E-state index contributed by atoms with van der Waals surface area (Å²) in [7, 11) is 0. The molecule has 0 saturated heterocycles. The summed E-state index contributed by atoms with van der Waals surface area (Å²) in [5.74, 6) is 1.63. The van der Waals surface area contributed by atoms with Crippen LogP contribution in [0.4, 0.5) is 0 Å². The van der Waals surface area contributed by atoms with Crippen molar-refractivity contribution in [1.82, 2.24) is 10.2 Å². The zero-order valence-electron chi connectivity index (χ0n) is 15.2. The lowest BCUT2D eigenvalue weighted by molar-refractivity contribution is 0.483. The Kier molecular flexibility index (Phi) is 4.93. The van der Waals surface area contributed by atoms with Crippen molar-refractivity contribution in [3.63, 3.8) is 0 Å². The quantitative estimate of drug-likeness (QED) is 0.453. The van der Waals surface area contributed by atoms with E-state index < -0.39 is 0 Å². The first-order valence-electron chi connectivity index (χ1n) is 8.98. The summed E-state index contributed by atoms with van der Waals surface area (Å²) >= 11 is 0. The third-order valence-electron chi connectivity index (χ3n) is 4.37. The van der Waals surface area contributed by atoms with Gasteiger partial charge in [0.25, 0.3) is 0 Å². The van der Waals surface area contributed by atoms with Crippen molar-refractivity contribution >= 4 is 0 Å². The Hall–Kier alpha value is -3.46. The Morgan fingerprint density at radius 3 is 2.00 bits per heavy atom. The number of para-hydroxylation sites is 1. The van der Waals surface area contributed by atoms with E-state index in [9.17, 15) is 0 Å². The summed E-state index contributed by atoms with van der Waals surface area (Å²) in [6.45, 7) is 2.08. The molecule has 0 bridgehead atoms. The topological polar surface area (TPSA) is 35.0 Å². The lowest BCUT2D eigenvalue weighted by Crippen LogP contribution is -1.99. The summed E-state index contributed by atoms with van der Waals surface area (Å²) in [5, 5.41) is 8.89. The number of benzene rings is 3. The highest BCUT2D eigenvalue weighted by atomic mass is 16.5. The Morgan fingerprint density at radius 1 is 0.704 bits per heavy atom. The molecule has 4 aromatic rings. The maximum Gasteiger partial charge on any atom is 0.127 e. The number of rotatable bonds is 5. The van der Waals surface area contributed by atoms with Gasteiger partial charge in [-0.25, -0.2) is 0 Å². The molecular formula is C24H20N2O. The van der Waals surface area contributed by atoms with Crippen LogP contribution in [0.5, 0.6) is 11.5 Å². The minimum Gasteiger partial charge on any atom is -0.457 e. The molecule has 132 valence electrons. The third kappa shape index (κ3) is 4.21. The second-order valence-electron chi connectivity index (χ2n) is 6.47. The van der Waals surface area contributed by atoms with Crippen LogP contribution in [0.15, 0.2) is 91.0 Å². The van der Waals surface area contributed by atoms with Gasteiger partial charge in [0.2, 0.25) is 0 Å². The number of aryl methyl sites for hydroxylation is 1. The van der Waals surface area contributed by atoms with E-state index >= 15 is 0 Å². The van der Waals surface area contributed by atoms with Gasteiger partial charge in [-0.05, 0) is 60.5 Å². The fraction of sp³-hybridized carbons (Fsp3) is 0.0833. The third-order valence-corrected chi connectivity index (χ3v) is 4.37. The SMILES string of the molecule is Cc1cc(Cc2ccccc2)nnc1-c1ccc(Oc2ccccc2)cc1. The van der Waals surface area contributed by atoms with E-state index in [1.807, 2.05) is 72.8 Å². The number of ether oxygens (including phenoxy) is 1. The first-order chi connectivity index (χ1) is 13.3. The Labute approximate surface area is 159 Å². The van der Waals surface area contributed by atoms with Crippen molar-refractivity contribution < 1.29 is 4.74 Å². The Balaban J connectivity index is 1.51. The summed E-state index contributed by atoms with van der Waals surface area (Å²) < 4.78 is 5.85. The molecule has 3 nitrogen and oxygen atoms in total. The van der Waals surface area contributed by atoms with E-state index in [1.165, 1.54) is 5.56 Å². The highest BCUT2D eigenvalue weighted by Gasteiger charge is 2.08. The monoisotopic (exact) mass is 352 g/mol. The van der Waals surface area contributed by atoms with Crippen LogP contribution >= 0.6 is 0 Å². The molecule has 0 N–H and O–H groups in total. The zero-order chi connectivity index (χ0) is 18.5. The molecule has 1 aromatic heterocycles. The molecule has 0 unspecified atom stereocenters. The lowest BCUT2D eigenvalue weighted by atomic mass is 10.0. The van der Waals surface area contributed by atoms with E-state index in [4.69, 9.17) is 4.74 Å². The van der Waals surface area contributed by atoms with Crippen molar-refractivity contribution in [1.29, 1.82) is 0 Å². The van der Waals surface area contributed by atoms with E-state index in [1.54, 1.807) is 0 Å². The van der Waals surface area contributed by atoms with Crippen LogP contribution in [0.1, 0.15) is 16.8 Å². The largest absolute Gasteiger partial charge is 0.457 e. The molecule has 0 fully saturated rings. The van der Waals surface area contributed by atoms with Gasteiger partial charge in [-0.1, -0.05) is 48.5 Å². The maximum absolute atomic E-state index is 5.85. The molecule has 0 aliphatic carbocycles. The van der Waals surface area contributed by atoms with Gasteiger partial charge in [-0.2, -0.15) is 5.10 Å². The fourth-order valence-electron chi connectivity index (χ4n) is 3.02. The van der Waals surface area contributed by atoms with E-state index in [0.29, 0.717) is 0 Å². The van der Waals surface area contributed by atoms with Crippen LogP contribution in [0.3, 0.4) is 0 Å². The van der Waals surface area contributed by atoms with E-state index in [0.717, 1.165) is 40.4 Å². The molecule has 0 atom stereocenters. The lowest BCUT2D eigenvalue weighted by Gasteiger charge is -2.09. The van der Waals surface area contributed by atoms with Gasteiger partial charge >= 0.3 is 0 Å². The molecule has 1 heterocycles. The molecular weight excluding hydrogens is 332 g/mol. The molecule has 0 aliphatic rings. The van der Waals surface area contributed by atoms with Gasteiger partial charge in [-0.3, -0.25) is 0 Å². The van der Waals surface area contributed by atoms with Crippen LogP contribution < -0.4 is 4.74 Å². The average Bonchev–Trinajstić information content (AvgIpc) is 2.71. The molecule has 0 radical (unpaired) electrons. The normalized spacial score (nSPS) is 10.6. The number of hydrogen-bond donors (Lipinski definition) is 0. The number of aromatic nitrogens is 2. The molecule has 3 aromatic carbocycles. The highest BCUT2D eigenvalue weighted by Crippen LogP contribution is 2.26. The zero-order valence-corrected chi connectivity index (χ0v) is 15.2. The van der Waals surface area contributed by atoms with Crippen LogP contribution in [0.2, 0.25) is 0 Å². The van der Waals surface area contributed by atoms with Gasteiger partial charge in [0.05, 0.1) is 11.4 Å². The first-order valence-corrected chi connectivity index (χ1v) is 8.98. The predicted molar refractivity (Wildman–Crippen MR) is 108 cm³/mol. The maximum atomic E-state index is 5.85. The first kappa shape index (κ1) is 17.0. The van der Waals surface area contributed by atoms with Crippen molar-refractivity contribution in [2.75, 3.05) is 0 Å². The molecule has 27 heavy (non-hydrogen) atoms. The summed E-state index contributed by atoms with van der Waals surface area (Å²) in [5.41, 5.74) is 5.27. The van der Waals surface area contributed by atoms with Crippen molar-refractivity contribution in [2.45, 2.75) is 13.3 Å². The van der Waals surface area contributed by atoms with Crippen molar-refractivity contribution in [2.24, 2.45) is 0 Å². The van der Waals surface area contributed by atoms with E-state index in [2.05, 4.69) is 35.3 Å². The molecule has 0 amide bonds. The van der Waals surface area contributed by atoms with Crippen molar-refractivity contribution in [3.05, 3.63) is 108 Å². The van der Waals surface area contributed by atoms with E-state index in [-0.39, 0.29) is 0 Å². The molecule has 0 aliphatic heterocycles. The molecule has 3 heteroatoms. The van der Waals surface area contributed by atoms with Gasteiger partial charge in [0.15, 0.2) is 0 Å². The van der Waals surface area contributed by atoms with Crippen LogP contribution in [-0.4, -0.2) is 10.2 Å². The molecule has 0 spiro atoms. The highest BCUT2D eigenvalue weighted by molar-refractivity contribution is 5.63. The van der Waals surface area contributed by atoms with Crippen molar-refractivity contribution in [3.8, 4) is 22.8 Å². The summed E-state index contributed by atoms with van der Waals surface area (Å²) in [6.07, 6.45) is 0.790. The van der Waals surface area contributed by atoms with Crippen LogP contribution in [-0.2, 0) is 6.42 Å². The smallest absolute Gasteiger partial charge is 0.127 e. The summed E-state index contributed by atoms with van der Waals surface area (Å²) in [4.78, 5) is 0. The Morgan fingerprint density at radius 2 is 1.33 bits per heavy atom. The van der Waals surface area contributed by atoms with Crippen LogP contribution in [0.25, 0.3) is 11.3 Å². The standard InChI is InChI=1S/C24H20N2O/c1-18-16-21(17-19-8-4-2-5-9-19)25-26-24(18)20-12-14-23(15-13-20)27-22-10-6-3-7-11-22/h2-16H,17H2,1H3. The number of nitrogens with zero attached hydrogens (tertiary/aromatic N) is 2. The Bertz CT molecular complexity index is 1010. The van der Waals surface area contributed by atoms with Gasteiger partial charge in [0.1, 0.15) is 11.5 Å². The molecule has 4 rings (SSSR count). The minimum atomic E-state index is 0.790. The second kappa shape index (κ2) is 7.83. The second-order valence-corrected chi connectivity index (χ2v) is 6.47. The molecule has 0 saturated carbocycles.